The van der Waals surface area contributed by atoms with Crippen molar-refractivity contribution in [3.8, 4) is 5.75 Å². The van der Waals surface area contributed by atoms with Gasteiger partial charge in [0.15, 0.2) is 11.5 Å². The Hall–Kier alpha value is -3.30. The Morgan fingerprint density at radius 2 is 1.88 bits per heavy atom. The monoisotopic (exact) mass is 451 g/mol. The first-order chi connectivity index (χ1) is 15.6. The van der Waals surface area contributed by atoms with E-state index in [4.69, 9.17) is 4.74 Å². The second-order valence-electron chi connectivity index (χ2n) is 7.51. The highest BCUT2D eigenvalue weighted by Gasteiger charge is 2.24. The van der Waals surface area contributed by atoms with E-state index in [9.17, 15) is 9.59 Å². The lowest BCUT2D eigenvalue weighted by molar-refractivity contribution is 0.0905. The third kappa shape index (κ3) is 5.30. The number of methoxy groups -OCH3 is 1. The predicted molar refractivity (Wildman–Crippen MR) is 123 cm³/mol. The molecule has 2 amide bonds. The number of hydrogen-bond acceptors (Lipinski definition) is 7. The molecule has 0 spiro atoms. The molecule has 0 saturated carbocycles. The number of carbonyl (C=O) groups excluding carboxylic acids is 2. The molecule has 1 aliphatic heterocycles. The van der Waals surface area contributed by atoms with Crippen molar-refractivity contribution in [3.63, 3.8) is 0 Å². The highest BCUT2D eigenvalue weighted by atomic mass is 32.1. The SMILES string of the molecule is COc1ccccc1C(=O)Nc1nccnc1C(=O)NC1CCN(Cc2cccs2)CC1. The summed E-state index contributed by atoms with van der Waals surface area (Å²) < 4.78 is 5.24. The van der Waals surface area contributed by atoms with E-state index in [2.05, 4.69) is 43.0 Å². The van der Waals surface area contributed by atoms with E-state index < -0.39 is 5.91 Å². The van der Waals surface area contributed by atoms with E-state index in [1.807, 2.05) is 0 Å². The number of para-hydroxylation sites is 1. The standard InChI is InChI=1S/C23H25N5O3S/c1-31-19-7-3-2-6-18(19)22(29)27-21-20(24-10-11-25-21)23(30)26-16-8-12-28(13-9-16)15-17-5-4-14-32-17/h2-7,10-11,14,16H,8-9,12-13,15H2,1H3,(H,26,30)(H,25,27,29). The van der Waals surface area contributed by atoms with Gasteiger partial charge in [-0.25, -0.2) is 9.97 Å². The molecule has 0 radical (unpaired) electrons. The largest absolute Gasteiger partial charge is 0.496 e. The summed E-state index contributed by atoms with van der Waals surface area (Å²) in [5.41, 5.74) is 0.446. The first-order valence-corrected chi connectivity index (χ1v) is 11.3. The molecule has 1 saturated heterocycles. The normalized spacial score (nSPS) is 14.7. The molecule has 1 aromatic carbocycles. The van der Waals surface area contributed by atoms with Gasteiger partial charge in [0.05, 0.1) is 12.7 Å². The van der Waals surface area contributed by atoms with Crippen molar-refractivity contribution in [2.24, 2.45) is 0 Å². The number of aromatic nitrogens is 2. The van der Waals surface area contributed by atoms with Crippen molar-refractivity contribution in [2.45, 2.75) is 25.4 Å². The molecule has 8 nitrogen and oxygen atoms in total. The Labute approximate surface area is 190 Å². The van der Waals surface area contributed by atoms with Crippen LogP contribution in [0.15, 0.2) is 54.2 Å². The van der Waals surface area contributed by atoms with E-state index >= 15 is 0 Å². The fraction of sp³-hybridized carbons (Fsp3) is 0.304. The lowest BCUT2D eigenvalue weighted by Crippen LogP contribution is -2.44. The van der Waals surface area contributed by atoms with E-state index in [1.165, 1.54) is 24.4 Å². The Kier molecular flexibility index (Phi) is 7.08. The van der Waals surface area contributed by atoms with Crippen molar-refractivity contribution >= 4 is 29.0 Å². The summed E-state index contributed by atoms with van der Waals surface area (Å²) in [6, 6.07) is 11.1. The number of rotatable bonds is 7. The number of nitrogens with zero attached hydrogens (tertiary/aromatic N) is 3. The van der Waals surface area contributed by atoms with Crippen molar-refractivity contribution < 1.29 is 14.3 Å². The molecule has 0 atom stereocenters. The van der Waals surface area contributed by atoms with Gasteiger partial charge in [-0.3, -0.25) is 14.5 Å². The molecule has 9 heteroatoms. The van der Waals surface area contributed by atoms with Gasteiger partial charge in [-0.2, -0.15) is 0 Å². The van der Waals surface area contributed by atoms with E-state index in [0.717, 1.165) is 32.5 Å². The average Bonchev–Trinajstić information content (AvgIpc) is 3.33. The zero-order valence-corrected chi connectivity index (χ0v) is 18.6. The van der Waals surface area contributed by atoms with Gasteiger partial charge in [-0.15, -0.1) is 11.3 Å². The number of hydrogen-bond donors (Lipinski definition) is 2. The first kappa shape index (κ1) is 21.9. The number of piperidine rings is 1. The summed E-state index contributed by atoms with van der Waals surface area (Å²) >= 11 is 1.76. The van der Waals surface area contributed by atoms with E-state index in [0.29, 0.717) is 11.3 Å². The topological polar surface area (TPSA) is 96.5 Å². The molecule has 1 fully saturated rings. The van der Waals surface area contributed by atoms with E-state index in [1.54, 1.807) is 35.6 Å². The van der Waals surface area contributed by atoms with Crippen molar-refractivity contribution in [2.75, 3.05) is 25.5 Å². The van der Waals surface area contributed by atoms with Crippen molar-refractivity contribution in [1.29, 1.82) is 0 Å². The molecule has 4 rings (SSSR count). The summed E-state index contributed by atoms with van der Waals surface area (Å²) in [5.74, 6) is -0.200. The fourth-order valence-electron chi connectivity index (χ4n) is 3.71. The van der Waals surface area contributed by atoms with Crippen LogP contribution in [0.1, 0.15) is 38.6 Å². The second-order valence-corrected chi connectivity index (χ2v) is 8.54. The van der Waals surface area contributed by atoms with Crippen LogP contribution in [0.3, 0.4) is 0 Å². The Morgan fingerprint density at radius 1 is 1.09 bits per heavy atom. The molecule has 3 aromatic rings. The van der Waals surface area contributed by atoms with Gasteiger partial charge in [-0.05, 0) is 36.4 Å². The van der Waals surface area contributed by atoms with Crippen molar-refractivity contribution in [3.05, 3.63) is 70.3 Å². The molecular weight excluding hydrogens is 426 g/mol. The van der Waals surface area contributed by atoms with E-state index in [-0.39, 0.29) is 23.5 Å². The number of anilines is 1. The van der Waals surface area contributed by atoms with Gasteiger partial charge in [-0.1, -0.05) is 18.2 Å². The van der Waals surface area contributed by atoms with Crippen LogP contribution in [0.4, 0.5) is 5.82 Å². The van der Waals surface area contributed by atoms with Gasteiger partial charge in [0.1, 0.15) is 5.75 Å². The van der Waals surface area contributed by atoms with Crippen molar-refractivity contribution in [1.82, 2.24) is 20.2 Å². The van der Waals surface area contributed by atoms with Gasteiger partial charge in [0, 0.05) is 42.9 Å². The minimum absolute atomic E-state index is 0.0573. The molecule has 166 valence electrons. The Morgan fingerprint density at radius 3 is 2.62 bits per heavy atom. The fourth-order valence-corrected chi connectivity index (χ4v) is 4.46. The van der Waals surface area contributed by atoms with Crippen LogP contribution in [0.25, 0.3) is 0 Å². The first-order valence-electron chi connectivity index (χ1n) is 10.4. The quantitative estimate of drug-likeness (QED) is 0.573. The Bertz CT molecular complexity index is 1070. The van der Waals surface area contributed by atoms with Gasteiger partial charge < -0.3 is 15.4 Å². The lowest BCUT2D eigenvalue weighted by atomic mass is 10.0. The van der Waals surface area contributed by atoms with Crippen LogP contribution in [0.2, 0.25) is 0 Å². The highest BCUT2D eigenvalue weighted by molar-refractivity contribution is 7.09. The van der Waals surface area contributed by atoms with Gasteiger partial charge in [0.25, 0.3) is 11.8 Å². The molecule has 1 aliphatic rings. The summed E-state index contributed by atoms with van der Waals surface area (Å²) in [4.78, 5) is 37.7. The minimum Gasteiger partial charge on any atom is -0.496 e. The average molecular weight is 452 g/mol. The number of thiophene rings is 1. The maximum Gasteiger partial charge on any atom is 0.273 e. The summed E-state index contributed by atoms with van der Waals surface area (Å²) in [6.45, 7) is 2.78. The number of benzene rings is 1. The zero-order valence-electron chi connectivity index (χ0n) is 17.8. The summed E-state index contributed by atoms with van der Waals surface area (Å²) in [7, 11) is 1.50. The molecule has 32 heavy (non-hydrogen) atoms. The Balaban J connectivity index is 1.37. The van der Waals surface area contributed by atoms with Crippen LogP contribution in [-0.2, 0) is 6.54 Å². The molecule has 2 N–H and O–H groups in total. The molecule has 0 aliphatic carbocycles. The summed E-state index contributed by atoms with van der Waals surface area (Å²) in [6.07, 6.45) is 4.61. The lowest BCUT2D eigenvalue weighted by Gasteiger charge is -2.32. The second kappa shape index (κ2) is 10.3. The summed E-state index contributed by atoms with van der Waals surface area (Å²) in [5, 5.41) is 7.83. The molecule has 2 aromatic heterocycles. The third-order valence-electron chi connectivity index (χ3n) is 5.38. The van der Waals surface area contributed by atoms with Crippen LogP contribution in [-0.4, -0.2) is 52.9 Å². The van der Waals surface area contributed by atoms with Gasteiger partial charge in [0.2, 0.25) is 0 Å². The highest BCUT2D eigenvalue weighted by Crippen LogP contribution is 2.20. The molecule has 3 heterocycles. The number of ether oxygens (including phenoxy) is 1. The van der Waals surface area contributed by atoms with Crippen LogP contribution in [0.5, 0.6) is 5.75 Å². The number of carbonyl (C=O) groups is 2. The zero-order chi connectivity index (χ0) is 22.3. The van der Waals surface area contributed by atoms with Crippen LogP contribution in [0, 0.1) is 0 Å². The molecular formula is C23H25N5O3S. The predicted octanol–water partition coefficient (Wildman–Crippen LogP) is 3.19. The van der Waals surface area contributed by atoms with Crippen LogP contribution < -0.4 is 15.4 Å². The third-order valence-corrected chi connectivity index (χ3v) is 6.24. The maximum absolute atomic E-state index is 12.9. The smallest absolute Gasteiger partial charge is 0.273 e. The number of likely N-dealkylation sites (tertiary alicyclic amines) is 1. The molecule has 0 unspecified atom stereocenters. The maximum atomic E-state index is 12.9. The van der Waals surface area contributed by atoms with Gasteiger partial charge >= 0.3 is 0 Å². The van der Waals surface area contributed by atoms with Crippen LogP contribution >= 0.6 is 11.3 Å². The minimum atomic E-state index is -0.418. The molecule has 0 bridgehead atoms. The number of nitrogens with one attached hydrogen (secondary N) is 2. The number of amides is 2.